The molecule has 2 aromatic rings. The number of anilines is 1. The van der Waals surface area contributed by atoms with E-state index >= 15 is 0 Å². The minimum Gasteiger partial charge on any atom is -0.384 e. The van der Waals surface area contributed by atoms with E-state index in [0.717, 1.165) is 29.9 Å². The number of nitrogens with zero attached hydrogens (tertiary/aromatic N) is 4. The van der Waals surface area contributed by atoms with Crippen molar-refractivity contribution in [2.45, 2.75) is 37.4 Å². The van der Waals surface area contributed by atoms with Crippen LogP contribution in [0.3, 0.4) is 0 Å². The van der Waals surface area contributed by atoms with Crippen molar-refractivity contribution >= 4 is 5.82 Å². The number of hydrogen-bond acceptors (Lipinski definition) is 5. The maximum atomic E-state index is 5.95. The van der Waals surface area contributed by atoms with Gasteiger partial charge in [0.2, 0.25) is 0 Å². The van der Waals surface area contributed by atoms with Crippen LogP contribution in [0.1, 0.15) is 31.0 Å². The van der Waals surface area contributed by atoms with Gasteiger partial charge in [0.1, 0.15) is 11.6 Å². The Balaban J connectivity index is 1.72. The van der Waals surface area contributed by atoms with Crippen LogP contribution in [0.15, 0.2) is 18.5 Å². The van der Waals surface area contributed by atoms with Crippen molar-refractivity contribution in [1.82, 2.24) is 19.7 Å². The predicted molar refractivity (Wildman–Crippen MR) is 73.9 cm³/mol. The third kappa shape index (κ3) is 1.87. The Kier molecular flexibility index (Phi) is 2.53. The molecule has 3 atom stereocenters. The highest BCUT2D eigenvalue weighted by Gasteiger charge is 2.43. The SMILES string of the molecule is Cn1cc(-c2cc(N)nc(C3CC4CCC3O4)n2)cn1. The molecule has 20 heavy (non-hydrogen) atoms. The molecule has 0 spiro atoms. The molecule has 2 N–H and O–H groups in total. The van der Waals surface area contributed by atoms with Crippen LogP contribution < -0.4 is 5.73 Å². The molecule has 104 valence electrons. The summed E-state index contributed by atoms with van der Waals surface area (Å²) in [6.45, 7) is 0. The van der Waals surface area contributed by atoms with Crippen LogP contribution in [0.4, 0.5) is 5.82 Å². The van der Waals surface area contributed by atoms with Crippen molar-refractivity contribution < 1.29 is 4.74 Å². The van der Waals surface area contributed by atoms with Gasteiger partial charge in [0, 0.05) is 30.8 Å². The zero-order valence-electron chi connectivity index (χ0n) is 11.4. The van der Waals surface area contributed by atoms with Gasteiger partial charge >= 0.3 is 0 Å². The smallest absolute Gasteiger partial charge is 0.137 e. The molecule has 4 rings (SSSR count). The molecule has 0 saturated carbocycles. The topological polar surface area (TPSA) is 78.9 Å². The Morgan fingerprint density at radius 3 is 2.90 bits per heavy atom. The third-order valence-electron chi connectivity index (χ3n) is 4.20. The molecular weight excluding hydrogens is 254 g/mol. The summed E-state index contributed by atoms with van der Waals surface area (Å²) in [5, 5.41) is 4.18. The number of aryl methyl sites for hydroxylation is 1. The van der Waals surface area contributed by atoms with Crippen LogP contribution in [0, 0.1) is 0 Å². The monoisotopic (exact) mass is 271 g/mol. The van der Waals surface area contributed by atoms with E-state index in [-0.39, 0.29) is 12.0 Å². The van der Waals surface area contributed by atoms with Crippen LogP contribution in [0.5, 0.6) is 0 Å². The fourth-order valence-electron chi connectivity index (χ4n) is 3.26. The van der Waals surface area contributed by atoms with Crippen LogP contribution in [-0.2, 0) is 11.8 Å². The molecule has 0 aliphatic carbocycles. The Labute approximate surface area is 117 Å². The standard InChI is InChI=1S/C14H17N5O/c1-19-7-8(6-16-19)11-5-13(15)18-14(17-11)10-4-9-2-3-12(10)20-9/h5-7,9-10,12H,2-4H2,1H3,(H2,15,17,18). The molecule has 0 amide bonds. The van der Waals surface area contributed by atoms with E-state index in [0.29, 0.717) is 11.9 Å². The molecule has 2 saturated heterocycles. The van der Waals surface area contributed by atoms with Gasteiger partial charge in [-0.15, -0.1) is 0 Å². The summed E-state index contributed by atoms with van der Waals surface area (Å²) in [7, 11) is 1.89. The van der Waals surface area contributed by atoms with Gasteiger partial charge < -0.3 is 10.5 Å². The molecular formula is C14H17N5O. The maximum absolute atomic E-state index is 5.95. The second-order valence-corrected chi connectivity index (χ2v) is 5.66. The van der Waals surface area contributed by atoms with Crippen molar-refractivity contribution in [3.63, 3.8) is 0 Å². The molecule has 6 nitrogen and oxygen atoms in total. The first kappa shape index (κ1) is 11.8. The zero-order valence-corrected chi connectivity index (χ0v) is 11.4. The number of ether oxygens (including phenoxy) is 1. The molecule has 0 aromatic carbocycles. The number of hydrogen-bond donors (Lipinski definition) is 1. The lowest BCUT2D eigenvalue weighted by molar-refractivity contribution is 0.0999. The van der Waals surface area contributed by atoms with E-state index in [4.69, 9.17) is 15.5 Å². The Morgan fingerprint density at radius 1 is 1.35 bits per heavy atom. The normalized spacial score (nSPS) is 28.1. The van der Waals surface area contributed by atoms with E-state index in [2.05, 4.69) is 10.1 Å². The predicted octanol–water partition coefficient (Wildman–Crippen LogP) is 1.49. The summed E-state index contributed by atoms with van der Waals surface area (Å²) in [5.41, 5.74) is 7.75. The molecule has 3 unspecified atom stereocenters. The van der Waals surface area contributed by atoms with Gasteiger partial charge in [-0.2, -0.15) is 5.10 Å². The molecule has 2 fully saturated rings. The zero-order chi connectivity index (χ0) is 13.7. The van der Waals surface area contributed by atoms with Crippen molar-refractivity contribution in [3.05, 3.63) is 24.3 Å². The summed E-state index contributed by atoms with van der Waals surface area (Å²) in [4.78, 5) is 9.12. The Morgan fingerprint density at radius 2 is 2.25 bits per heavy atom. The van der Waals surface area contributed by atoms with Gasteiger partial charge in [-0.25, -0.2) is 9.97 Å². The van der Waals surface area contributed by atoms with Crippen molar-refractivity contribution in [1.29, 1.82) is 0 Å². The first-order valence-electron chi connectivity index (χ1n) is 6.98. The fourth-order valence-corrected chi connectivity index (χ4v) is 3.26. The van der Waals surface area contributed by atoms with Gasteiger partial charge in [-0.3, -0.25) is 4.68 Å². The number of fused-ring (bicyclic) bond motifs is 2. The average Bonchev–Trinajstić information content (AvgIpc) is 3.13. The molecule has 6 heteroatoms. The molecule has 0 radical (unpaired) electrons. The summed E-state index contributed by atoms with van der Waals surface area (Å²) in [6, 6.07) is 1.80. The lowest BCUT2D eigenvalue weighted by atomic mass is 9.88. The second kappa shape index (κ2) is 4.28. The summed E-state index contributed by atoms with van der Waals surface area (Å²) in [5.74, 6) is 1.61. The number of nitrogens with two attached hydrogens (primary N) is 1. The summed E-state index contributed by atoms with van der Waals surface area (Å²) >= 11 is 0. The number of nitrogen functional groups attached to an aromatic ring is 1. The third-order valence-corrected chi connectivity index (χ3v) is 4.20. The van der Waals surface area contributed by atoms with E-state index in [1.807, 2.05) is 13.2 Å². The highest BCUT2D eigenvalue weighted by atomic mass is 16.5. The first-order valence-corrected chi connectivity index (χ1v) is 6.98. The maximum Gasteiger partial charge on any atom is 0.137 e. The molecule has 2 bridgehead atoms. The quantitative estimate of drug-likeness (QED) is 0.895. The largest absolute Gasteiger partial charge is 0.384 e. The lowest BCUT2D eigenvalue weighted by Crippen LogP contribution is -2.18. The highest BCUT2D eigenvalue weighted by Crippen LogP contribution is 2.43. The van der Waals surface area contributed by atoms with Gasteiger partial charge in [-0.05, 0) is 19.3 Å². The minimum absolute atomic E-state index is 0.267. The van der Waals surface area contributed by atoms with E-state index in [9.17, 15) is 0 Å². The Hall–Kier alpha value is -1.95. The fraction of sp³-hybridized carbons (Fsp3) is 0.500. The highest BCUT2D eigenvalue weighted by molar-refractivity contribution is 5.60. The first-order chi connectivity index (χ1) is 9.69. The van der Waals surface area contributed by atoms with E-state index < -0.39 is 0 Å². The molecule has 2 aliphatic rings. The van der Waals surface area contributed by atoms with Gasteiger partial charge in [0.25, 0.3) is 0 Å². The number of rotatable bonds is 2. The van der Waals surface area contributed by atoms with Crippen molar-refractivity contribution in [3.8, 4) is 11.3 Å². The summed E-state index contributed by atoms with van der Waals surface area (Å²) in [6.07, 6.45) is 7.67. The number of aromatic nitrogens is 4. The lowest BCUT2D eigenvalue weighted by Gasteiger charge is -2.17. The van der Waals surface area contributed by atoms with Crippen LogP contribution in [0.25, 0.3) is 11.3 Å². The minimum atomic E-state index is 0.267. The molecule has 2 aromatic heterocycles. The molecule has 2 aliphatic heterocycles. The second-order valence-electron chi connectivity index (χ2n) is 5.66. The van der Waals surface area contributed by atoms with Gasteiger partial charge in [0.05, 0.1) is 24.1 Å². The van der Waals surface area contributed by atoms with E-state index in [1.54, 1.807) is 16.9 Å². The van der Waals surface area contributed by atoms with Crippen molar-refractivity contribution in [2.75, 3.05) is 5.73 Å². The average molecular weight is 271 g/mol. The Bertz CT molecular complexity index is 653. The van der Waals surface area contributed by atoms with Gasteiger partial charge in [-0.1, -0.05) is 0 Å². The summed E-state index contributed by atoms with van der Waals surface area (Å²) < 4.78 is 7.65. The van der Waals surface area contributed by atoms with Crippen LogP contribution in [0.2, 0.25) is 0 Å². The van der Waals surface area contributed by atoms with Crippen LogP contribution in [-0.4, -0.2) is 32.0 Å². The van der Waals surface area contributed by atoms with E-state index in [1.165, 1.54) is 6.42 Å². The van der Waals surface area contributed by atoms with Gasteiger partial charge in [0.15, 0.2) is 0 Å². The van der Waals surface area contributed by atoms with Crippen molar-refractivity contribution in [2.24, 2.45) is 7.05 Å². The van der Waals surface area contributed by atoms with Crippen LogP contribution >= 0.6 is 0 Å². The molecule has 4 heterocycles.